The third kappa shape index (κ3) is 4.29. The third-order valence-corrected chi connectivity index (χ3v) is 3.10. The van der Waals surface area contributed by atoms with Crippen LogP contribution in [0.1, 0.15) is 10.4 Å². The highest BCUT2D eigenvalue weighted by molar-refractivity contribution is 9.10. The summed E-state index contributed by atoms with van der Waals surface area (Å²) < 4.78 is 10.8. The number of halogens is 1. The largest absolute Gasteiger partial charge is 0.399 e. The summed E-state index contributed by atoms with van der Waals surface area (Å²) >= 11 is 3.31. The number of benzene rings is 1. The molecule has 1 aromatic carbocycles. The fraction of sp³-hybridized carbons (Fsp3) is 0.417. The van der Waals surface area contributed by atoms with Gasteiger partial charge in [0, 0.05) is 30.9 Å². The molecule has 0 heterocycles. The number of anilines is 1. The minimum atomic E-state index is -0.202. The zero-order chi connectivity index (χ0) is 13.5. The van der Waals surface area contributed by atoms with E-state index in [2.05, 4.69) is 21.2 Å². The van der Waals surface area contributed by atoms with Gasteiger partial charge in [0.15, 0.2) is 0 Å². The summed E-state index contributed by atoms with van der Waals surface area (Å²) in [5.74, 6) is -0.202. The second-order valence-corrected chi connectivity index (χ2v) is 4.62. The van der Waals surface area contributed by atoms with Gasteiger partial charge in [-0.05, 0) is 34.1 Å². The van der Waals surface area contributed by atoms with Crippen LogP contribution in [-0.4, -0.2) is 39.4 Å². The number of hydrogen-bond acceptors (Lipinski definition) is 4. The van der Waals surface area contributed by atoms with Gasteiger partial charge in [0.2, 0.25) is 0 Å². The van der Waals surface area contributed by atoms with Gasteiger partial charge in [0.25, 0.3) is 5.91 Å². The van der Waals surface area contributed by atoms with E-state index >= 15 is 0 Å². The van der Waals surface area contributed by atoms with Crippen molar-refractivity contribution in [3.63, 3.8) is 0 Å². The minimum Gasteiger partial charge on any atom is -0.399 e. The minimum absolute atomic E-state index is 0.168. The normalized spacial score (nSPS) is 12.2. The fourth-order valence-electron chi connectivity index (χ4n) is 1.41. The van der Waals surface area contributed by atoms with Crippen LogP contribution in [-0.2, 0) is 9.47 Å². The number of hydrogen-bond donors (Lipinski definition) is 2. The number of methoxy groups -OCH3 is 2. The molecule has 0 aliphatic carbocycles. The van der Waals surface area contributed by atoms with E-state index < -0.39 is 0 Å². The molecule has 100 valence electrons. The Bertz CT molecular complexity index is 412. The van der Waals surface area contributed by atoms with E-state index in [1.54, 1.807) is 32.4 Å². The van der Waals surface area contributed by atoms with Crippen LogP contribution >= 0.6 is 15.9 Å². The maximum absolute atomic E-state index is 11.9. The van der Waals surface area contributed by atoms with Gasteiger partial charge in [0.05, 0.1) is 18.3 Å². The zero-order valence-electron chi connectivity index (χ0n) is 10.4. The molecular formula is C12H17BrN2O3. The molecular weight excluding hydrogens is 300 g/mol. The lowest BCUT2D eigenvalue weighted by molar-refractivity contribution is 0.0285. The summed E-state index contributed by atoms with van der Waals surface area (Å²) in [7, 11) is 3.16. The molecule has 1 amide bonds. The van der Waals surface area contributed by atoms with Crippen molar-refractivity contribution in [3.05, 3.63) is 28.2 Å². The molecule has 0 spiro atoms. The highest BCUT2D eigenvalue weighted by Crippen LogP contribution is 2.19. The number of carbonyl (C=O) groups is 1. The molecule has 0 bridgehead atoms. The van der Waals surface area contributed by atoms with Crippen molar-refractivity contribution < 1.29 is 14.3 Å². The second kappa shape index (κ2) is 7.35. The van der Waals surface area contributed by atoms with Gasteiger partial charge in [0.1, 0.15) is 0 Å². The van der Waals surface area contributed by atoms with Crippen LogP contribution in [0.15, 0.2) is 22.7 Å². The lowest BCUT2D eigenvalue weighted by Gasteiger charge is -2.15. The number of ether oxygens (including phenoxy) is 2. The van der Waals surface area contributed by atoms with E-state index in [1.165, 1.54) is 0 Å². The number of rotatable bonds is 6. The van der Waals surface area contributed by atoms with E-state index in [9.17, 15) is 4.79 Å². The number of carbonyl (C=O) groups excluding carboxylic acids is 1. The first-order valence-corrected chi connectivity index (χ1v) is 6.22. The highest BCUT2D eigenvalue weighted by Gasteiger charge is 2.13. The molecule has 1 aromatic rings. The average molecular weight is 317 g/mol. The Labute approximate surface area is 115 Å². The first-order chi connectivity index (χ1) is 8.58. The second-order valence-electron chi connectivity index (χ2n) is 3.76. The molecule has 0 aliphatic rings. The van der Waals surface area contributed by atoms with Crippen molar-refractivity contribution in [1.82, 2.24) is 5.32 Å². The van der Waals surface area contributed by atoms with Crippen molar-refractivity contribution in [2.75, 3.05) is 33.1 Å². The first kappa shape index (κ1) is 14.9. The van der Waals surface area contributed by atoms with Gasteiger partial charge in [-0.15, -0.1) is 0 Å². The van der Waals surface area contributed by atoms with Crippen molar-refractivity contribution in [3.8, 4) is 0 Å². The van der Waals surface area contributed by atoms with Crippen LogP contribution in [0.4, 0.5) is 5.69 Å². The molecule has 18 heavy (non-hydrogen) atoms. The predicted molar refractivity (Wildman–Crippen MR) is 73.6 cm³/mol. The molecule has 5 nitrogen and oxygen atoms in total. The fourth-order valence-corrected chi connectivity index (χ4v) is 1.84. The summed E-state index contributed by atoms with van der Waals surface area (Å²) in [6, 6.07) is 5.09. The number of amides is 1. The molecule has 1 atom stereocenters. The van der Waals surface area contributed by atoms with E-state index in [4.69, 9.17) is 15.2 Å². The molecule has 0 radical (unpaired) electrons. The Morgan fingerprint density at radius 1 is 1.50 bits per heavy atom. The summed E-state index contributed by atoms with van der Waals surface area (Å²) in [6.45, 7) is 0.805. The van der Waals surface area contributed by atoms with E-state index in [0.717, 1.165) is 0 Å². The maximum atomic E-state index is 11.9. The van der Waals surface area contributed by atoms with Crippen LogP contribution in [0.3, 0.4) is 0 Å². The Kier molecular flexibility index (Phi) is 6.11. The molecule has 0 saturated heterocycles. The van der Waals surface area contributed by atoms with E-state index in [-0.39, 0.29) is 12.0 Å². The highest BCUT2D eigenvalue weighted by atomic mass is 79.9. The summed E-state index contributed by atoms with van der Waals surface area (Å²) in [6.07, 6.45) is -0.168. The summed E-state index contributed by atoms with van der Waals surface area (Å²) in [5, 5.41) is 2.77. The predicted octanol–water partition coefficient (Wildman–Crippen LogP) is 1.42. The molecule has 1 rings (SSSR count). The standard InChI is InChI=1S/C12H17BrN2O3/c1-17-7-9(18-2)6-15-12(16)10-5-8(14)3-4-11(10)13/h3-5,9H,6-7,14H2,1-2H3,(H,15,16). The molecule has 1 unspecified atom stereocenters. The molecule has 0 saturated carbocycles. The summed E-state index contributed by atoms with van der Waals surface area (Å²) in [5.41, 5.74) is 6.70. The van der Waals surface area contributed by atoms with Crippen LogP contribution in [0, 0.1) is 0 Å². The topological polar surface area (TPSA) is 73.6 Å². The van der Waals surface area contributed by atoms with Crippen LogP contribution in [0.5, 0.6) is 0 Å². The van der Waals surface area contributed by atoms with E-state index in [1.807, 2.05) is 0 Å². The first-order valence-electron chi connectivity index (χ1n) is 5.43. The van der Waals surface area contributed by atoms with Gasteiger partial charge in [-0.25, -0.2) is 0 Å². The SMILES string of the molecule is COCC(CNC(=O)c1cc(N)ccc1Br)OC. The molecule has 3 N–H and O–H groups in total. The molecule has 0 fully saturated rings. The molecule has 0 aromatic heterocycles. The van der Waals surface area contributed by atoms with Gasteiger partial charge in [-0.2, -0.15) is 0 Å². The van der Waals surface area contributed by atoms with Crippen LogP contribution in [0.2, 0.25) is 0 Å². The lowest BCUT2D eigenvalue weighted by atomic mass is 10.2. The van der Waals surface area contributed by atoms with Crippen molar-refractivity contribution in [2.45, 2.75) is 6.10 Å². The molecule has 0 aliphatic heterocycles. The maximum Gasteiger partial charge on any atom is 0.252 e. The van der Waals surface area contributed by atoms with Crippen LogP contribution < -0.4 is 11.1 Å². The van der Waals surface area contributed by atoms with Gasteiger partial charge < -0.3 is 20.5 Å². The van der Waals surface area contributed by atoms with Gasteiger partial charge >= 0.3 is 0 Å². The average Bonchev–Trinajstić information content (AvgIpc) is 2.37. The smallest absolute Gasteiger partial charge is 0.252 e. The quantitative estimate of drug-likeness (QED) is 0.778. The van der Waals surface area contributed by atoms with Crippen molar-refractivity contribution in [2.24, 2.45) is 0 Å². The Morgan fingerprint density at radius 3 is 2.83 bits per heavy atom. The van der Waals surface area contributed by atoms with Gasteiger partial charge in [-0.1, -0.05) is 0 Å². The van der Waals surface area contributed by atoms with Crippen molar-refractivity contribution in [1.29, 1.82) is 0 Å². The van der Waals surface area contributed by atoms with E-state index in [0.29, 0.717) is 28.9 Å². The molecule has 6 heteroatoms. The van der Waals surface area contributed by atoms with Gasteiger partial charge in [-0.3, -0.25) is 4.79 Å². The Morgan fingerprint density at radius 2 is 2.22 bits per heavy atom. The Hall–Kier alpha value is -1.11. The Balaban J connectivity index is 2.62. The van der Waals surface area contributed by atoms with Crippen molar-refractivity contribution >= 4 is 27.5 Å². The number of nitrogen functional groups attached to an aromatic ring is 1. The summed E-state index contributed by atoms with van der Waals surface area (Å²) in [4.78, 5) is 11.9. The third-order valence-electron chi connectivity index (χ3n) is 2.41. The number of nitrogens with two attached hydrogens (primary N) is 1. The zero-order valence-corrected chi connectivity index (χ0v) is 12.0. The number of nitrogens with one attached hydrogen (secondary N) is 1. The monoisotopic (exact) mass is 316 g/mol. The lowest BCUT2D eigenvalue weighted by Crippen LogP contribution is -2.35. The van der Waals surface area contributed by atoms with Crippen LogP contribution in [0.25, 0.3) is 0 Å².